The fraction of sp³-hybridized carbons (Fsp3) is 0.500. The summed E-state index contributed by atoms with van der Waals surface area (Å²) in [7, 11) is 0. The van der Waals surface area contributed by atoms with E-state index in [4.69, 9.17) is 139 Å². The van der Waals surface area contributed by atoms with Gasteiger partial charge < -0.3 is 71.5 Å². The molecule has 0 radical (unpaired) electrons. The Hall–Kier alpha value is -0.394. The normalized spacial score (nSPS) is 5.38. The third kappa shape index (κ3) is 1550000. The summed E-state index contributed by atoms with van der Waals surface area (Å²) in [4.78, 5) is 126. The molecule has 0 aliphatic carbocycles. The van der Waals surface area contributed by atoms with Crippen LogP contribution in [0.15, 0.2) is 0 Å². The molecule has 0 spiro atoms. The van der Waals surface area contributed by atoms with Crippen molar-refractivity contribution >= 4 is 182 Å². The summed E-state index contributed by atoms with van der Waals surface area (Å²) in [6.45, 7) is 15.2. The Morgan fingerprint density at radius 3 is 0.169 bits per heavy atom. The number of hydrogen-bond donors (Lipinski definition) is 14. The molecule has 0 unspecified atom stereocenters. The summed E-state index contributed by atoms with van der Waals surface area (Å²) in [6.07, 6.45) is 0. The molecule has 0 atom stereocenters. The van der Waals surface area contributed by atoms with Crippen LogP contribution in [0.25, 0.3) is 0 Å². The standard InChI is InChI=1S/14C2H4O2.2Ca.Mg.6Zn/c14*1-2(3)4;;;;;;;;;/h14*1H3,(H,3,4);;;;;;;;;/q;;;;;;;;;;;;;;9*+2. The van der Waals surface area contributed by atoms with Gasteiger partial charge in [0.05, 0.1) is 0 Å². The van der Waals surface area contributed by atoms with Gasteiger partial charge in [0.25, 0.3) is 83.6 Å². The Balaban J connectivity index is -0.0000000138. The van der Waals surface area contributed by atoms with Crippen molar-refractivity contribution in [3.8, 4) is 0 Å². The minimum atomic E-state index is -0.833. The Labute approximate surface area is 527 Å². The fourth-order valence-corrected chi connectivity index (χ4v) is 0. The Bertz CT molecular complexity index is 747. The van der Waals surface area contributed by atoms with E-state index in [0.29, 0.717) is 0 Å². The summed E-state index contributed by atoms with van der Waals surface area (Å²) in [5, 5.41) is 104. The van der Waals surface area contributed by atoms with Crippen molar-refractivity contribution in [3.05, 3.63) is 0 Å². The number of carboxylic acid groups (broad SMARTS) is 14. The second-order valence-corrected chi connectivity index (χ2v) is 7.27. The third-order valence-corrected chi connectivity index (χ3v) is 0. The number of carboxylic acids is 14. The predicted octanol–water partition coefficient (Wildman–Crippen LogP) is 0.115. The number of hydrogen-bond acceptors (Lipinski definition) is 14. The van der Waals surface area contributed by atoms with Crippen molar-refractivity contribution in [2.75, 3.05) is 0 Å². The molecule has 28 nitrogen and oxygen atoms in total. The van der Waals surface area contributed by atoms with Crippen LogP contribution in [-0.4, -0.2) is 254 Å². The van der Waals surface area contributed by atoms with E-state index in [1.807, 2.05) is 0 Å². The zero-order chi connectivity index (χ0) is 50.1. The van der Waals surface area contributed by atoms with E-state index in [1.165, 1.54) is 0 Å². The molecule has 0 aromatic heterocycles. The van der Waals surface area contributed by atoms with Crippen molar-refractivity contribution in [1.82, 2.24) is 0 Å². The van der Waals surface area contributed by atoms with Gasteiger partial charge in [0, 0.05) is 96.9 Å². The Morgan fingerprint density at radius 1 is 0.169 bits per heavy atom. The molecule has 0 fully saturated rings. The van der Waals surface area contributed by atoms with Gasteiger partial charge in [-0.25, -0.2) is 0 Å². The van der Waals surface area contributed by atoms with Crippen LogP contribution in [0.4, 0.5) is 0 Å². The number of rotatable bonds is 0. The maximum absolute atomic E-state index is 9.00. The topological polar surface area (TPSA) is 522 Å². The first-order chi connectivity index (χ1) is 24.2. The summed E-state index contributed by atoms with van der Waals surface area (Å²) in [5.41, 5.74) is 0. The number of aliphatic carboxylic acids is 14. The molecule has 14 N–H and O–H groups in total. The van der Waals surface area contributed by atoms with E-state index < -0.39 is 83.6 Å². The van der Waals surface area contributed by atoms with Crippen LogP contribution < -0.4 is 0 Å². The first-order valence-electron chi connectivity index (χ1n) is 13.0. The quantitative estimate of drug-likeness (QED) is 0.143. The van der Waals surface area contributed by atoms with E-state index in [9.17, 15) is 0 Å². The molecule has 0 rings (SSSR count). The molecule has 0 heterocycles. The zero-order valence-corrected chi connectivity index (χ0v) is 63.0. The molecule has 65 heavy (non-hydrogen) atoms. The zero-order valence-electron chi connectivity index (χ0n) is 39.3. The maximum Gasteiger partial charge on any atom is 2.00 e. The summed E-state index contributed by atoms with van der Waals surface area (Å²) in [5.74, 6) is -11.7. The largest absolute Gasteiger partial charge is 2.00 e. The van der Waals surface area contributed by atoms with Gasteiger partial charge in [0.15, 0.2) is 0 Å². The van der Waals surface area contributed by atoms with Gasteiger partial charge >= 0.3 is 215 Å². The van der Waals surface area contributed by atoms with Crippen LogP contribution in [0.5, 0.6) is 0 Å². The Morgan fingerprint density at radius 2 is 0.169 bits per heavy atom. The molecule has 0 bridgehead atoms. The molecule has 0 aliphatic heterocycles. The minimum absolute atomic E-state index is 0. The molecule has 0 aliphatic rings. The van der Waals surface area contributed by atoms with Crippen LogP contribution in [-0.2, 0) is 184 Å². The van der Waals surface area contributed by atoms with E-state index >= 15 is 0 Å². The average molecular weight is 1340 g/mol. The van der Waals surface area contributed by atoms with Gasteiger partial charge in [0.2, 0.25) is 0 Å². The second-order valence-electron chi connectivity index (χ2n) is 7.27. The van der Waals surface area contributed by atoms with Gasteiger partial charge in [-0.2, -0.15) is 0 Å². The van der Waals surface area contributed by atoms with Crippen LogP contribution in [0.1, 0.15) is 96.9 Å². The predicted molar refractivity (Wildman–Crippen MR) is 204 cm³/mol. The van der Waals surface area contributed by atoms with Crippen LogP contribution >= 0.6 is 0 Å². The smallest absolute Gasteiger partial charge is 0.481 e. The molecule has 0 saturated carbocycles. The van der Waals surface area contributed by atoms with Crippen molar-refractivity contribution in [3.63, 3.8) is 0 Å². The molecular weight excluding hydrogens is 1280 g/mol. The molecule has 37 heteroatoms. The van der Waals surface area contributed by atoms with E-state index in [2.05, 4.69) is 0 Å². The van der Waals surface area contributed by atoms with E-state index in [-0.39, 0.29) is 215 Å². The van der Waals surface area contributed by atoms with Crippen LogP contribution in [0.3, 0.4) is 0 Å². The molecule has 336 valence electrons. The minimum Gasteiger partial charge on any atom is -0.481 e. The Kier molecular flexibility index (Phi) is 335. The second kappa shape index (κ2) is 144. The van der Waals surface area contributed by atoms with Crippen molar-refractivity contribution < 1.29 is 255 Å². The summed E-state index contributed by atoms with van der Waals surface area (Å²) >= 11 is 0. The van der Waals surface area contributed by atoms with Crippen molar-refractivity contribution in [1.29, 1.82) is 0 Å². The van der Waals surface area contributed by atoms with E-state index in [0.717, 1.165) is 96.9 Å². The third-order valence-electron chi connectivity index (χ3n) is 0. The van der Waals surface area contributed by atoms with Gasteiger partial charge in [-0.1, -0.05) is 0 Å². The van der Waals surface area contributed by atoms with Gasteiger partial charge in [-0.15, -0.1) is 0 Å². The molecule has 0 aromatic rings. The fourth-order valence-electron chi connectivity index (χ4n) is 0. The first kappa shape index (κ1) is 151. The summed E-state index contributed by atoms with van der Waals surface area (Å²) in [6, 6.07) is 0. The first-order valence-corrected chi connectivity index (χ1v) is 13.0. The molecule has 0 amide bonds. The molecule has 0 aromatic carbocycles. The summed E-state index contributed by atoms with van der Waals surface area (Å²) < 4.78 is 0. The van der Waals surface area contributed by atoms with Crippen molar-refractivity contribution in [2.24, 2.45) is 0 Å². The van der Waals surface area contributed by atoms with Gasteiger partial charge in [-0.3, -0.25) is 67.1 Å². The van der Waals surface area contributed by atoms with Gasteiger partial charge in [0.1, 0.15) is 0 Å². The average Bonchev–Trinajstić information content (AvgIpc) is 2.73. The van der Waals surface area contributed by atoms with E-state index in [1.54, 1.807) is 0 Å². The van der Waals surface area contributed by atoms with Gasteiger partial charge in [-0.05, 0) is 0 Å². The number of carbonyl (C=O) groups is 14. The SMILES string of the molecule is CC(=O)O.CC(=O)O.CC(=O)O.CC(=O)O.CC(=O)O.CC(=O)O.CC(=O)O.CC(=O)O.CC(=O)O.CC(=O)O.CC(=O)O.CC(=O)O.CC(=O)O.CC(=O)O.[Ca+2].[Ca+2].[Mg+2].[Zn+2].[Zn+2].[Zn+2].[Zn+2].[Zn+2].[Zn+2]. The van der Waals surface area contributed by atoms with Crippen LogP contribution in [0.2, 0.25) is 0 Å². The monoisotopic (exact) mass is 1330 g/mol. The van der Waals surface area contributed by atoms with Crippen molar-refractivity contribution in [2.45, 2.75) is 96.9 Å². The maximum atomic E-state index is 9.00. The van der Waals surface area contributed by atoms with Crippen LogP contribution in [0, 0.1) is 0 Å². The molecule has 0 saturated heterocycles. The molecular formula is C28H56Ca2MgO28Zn6+18.